The Bertz CT molecular complexity index is 1320. The van der Waals surface area contributed by atoms with Crippen LogP contribution in [0.1, 0.15) is 10.4 Å². The Morgan fingerprint density at radius 1 is 1.03 bits per heavy atom. The van der Waals surface area contributed by atoms with Crippen LogP contribution in [-0.4, -0.2) is 32.2 Å². The van der Waals surface area contributed by atoms with Gasteiger partial charge in [0.1, 0.15) is 11.4 Å². The first-order chi connectivity index (χ1) is 15.4. The summed E-state index contributed by atoms with van der Waals surface area (Å²) in [7, 11) is 1.42. The van der Waals surface area contributed by atoms with E-state index in [-0.39, 0.29) is 11.3 Å². The summed E-state index contributed by atoms with van der Waals surface area (Å²) < 4.78 is 7.15. The summed E-state index contributed by atoms with van der Waals surface area (Å²) in [6.07, 6.45) is 3.68. The minimum atomic E-state index is -0.797. The Morgan fingerprint density at radius 2 is 1.75 bits per heavy atom. The number of carbonyl (C=O) groups is 1. The Labute approximate surface area is 180 Å². The number of carbonyl (C=O) groups excluding carboxylic acids is 1. The fourth-order valence-corrected chi connectivity index (χ4v) is 3.17. The fraction of sp³-hybridized carbons (Fsp3) is 0.0476. The maximum Gasteiger partial charge on any atom is 0.277 e. The quantitative estimate of drug-likeness (QED) is 0.357. The standard InChI is InChI=1S/C21H15N5O6/c1-32-19-6-5-13(18-12-24-7-3-2-4-20(24)22-18)10-17(19)23-21(27)14-8-15(25(28)29)11-16(9-14)26(30)31/h2-12H,1H3,(H,23,27). The molecule has 0 radical (unpaired) electrons. The summed E-state index contributed by atoms with van der Waals surface area (Å²) >= 11 is 0. The van der Waals surface area contributed by atoms with Crippen LogP contribution in [0.5, 0.6) is 5.75 Å². The van der Waals surface area contributed by atoms with Crippen molar-refractivity contribution in [1.29, 1.82) is 0 Å². The highest BCUT2D eigenvalue weighted by molar-refractivity contribution is 6.06. The molecule has 0 unspecified atom stereocenters. The third-order valence-electron chi connectivity index (χ3n) is 4.69. The van der Waals surface area contributed by atoms with Crippen molar-refractivity contribution in [2.75, 3.05) is 12.4 Å². The smallest absolute Gasteiger partial charge is 0.277 e. The molecule has 0 fully saturated rings. The number of amides is 1. The lowest BCUT2D eigenvalue weighted by molar-refractivity contribution is -0.394. The van der Waals surface area contributed by atoms with Crippen LogP contribution in [0.3, 0.4) is 0 Å². The van der Waals surface area contributed by atoms with Gasteiger partial charge < -0.3 is 14.5 Å². The summed E-state index contributed by atoms with van der Waals surface area (Å²) in [6, 6.07) is 13.4. The zero-order chi connectivity index (χ0) is 22.8. The second-order valence-electron chi connectivity index (χ2n) is 6.71. The molecule has 0 atom stereocenters. The van der Waals surface area contributed by atoms with Crippen molar-refractivity contribution < 1.29 is 19.4 Å². The molecule has 0 bridgehead atoms. The van der Waals surface area contributed by atoms with Crippen molar-refractivity contribution in [3.05, 3.63) is 92.8 Å². The first kappa shape index (κ1) is 20.5. The Morgan fingerprint density at radius 3 is 2.38 bits per heavy atom. The number of non-ortho nitro benzene ring substituents is 2. The van der Waals surface area contributed by atoms with Gasteiger partial charge in [0.15, 0.2) is 0 Å². The summed E-state index contributed by atoms with van der Waals surface area (Å²) in [4.78, 5) is 37.9. The van der Waals surface area contributed by atoms with Crippen LogP contribution in [0.4, 0.5) is 17.1 Å². The molecule has 2 aromatic carbocycles. The van der Waals surface area contributed by atoms with Gasteiger partial charge in [0.05, 0.1) is 40.0 Å². The van der Waals surface area contributed by atoms with E-state index in [1.165, 1.54) is 7.11 Å². The summed E-state index contributed by atoms with van der Waals surface area (Å²) in [5.41, 5.74) is 1.01. The minimum absolute atomic E-state index is 0.230. The van der Waals surface area contributed by atoms with Gasteiger partial charge in [-0.1, -0.05) is 6.07 Å². The molecule has 2 heterocycles. The fourth-order valence-electron chi connectivity index (χ4n) is 3.17. The SMILES string of the molecule is COc1ccc(-c2cn3ccccc3n2)cc1NC(=O)c1cc([N+](=O)[O-])cc([N+](=O)[O-])c1. The molecule has 1 N–H and O–H groups in total. The number of rotatable bonds is 6. The number of ether oxygens (including phenoxy) is 1. The minimum Gasteiger partial charge on any atom is -0.495 e. The molecular weight excluding hydrogens is 418 g/mol. The van der Waals surface area contributed by atoms with Gasteiger partial charge in [-0.05, 0) is 30.3 Å². The first-order valence-electron chi connectivity index (χ1n) is 9.23. The summed E-state index contributed by atoms with van der Waals surface area (Å²) in [6.45, 7) is 0. The molecule has 4 rings (SSSR count). The highest BCUT2D eigenvalue weighted by Gasteiger charge is 2.21. The zero-order valence-corrected chi connectivity index (χ0v) is 16.6. The molecule has 160 valence electrons. The van der Waals surface area contributed by atoms with E-state index in [0.29, 0.717) is 17.0 Å². The van der Waals surface area contributed by atoms with Crippen LogP contribution in [-0.2, 0) is 0 Å². The maximum absolute atomic E-state index is 12.8. The largest absolute Gasteiger partial charge is 0.495 e. The molecule has 11 heteroatoms. The van der Waals surface area contributed by atoms with E-state index in [1.807, 2.05) is 35.0 Å². The lowest BCUT2D eigenvalue weighted by Crippen LogP contribution is -2.13. The van der Waals surface area contributed by atoms with Crippen LogP contribution < -0.4 is 10.1 Å². The number of nitro groups is 2. The molecule has 0 spiro atoms. The van der Waals surface area contributed by atoms with E-state index in [2.05, 4.69) is 10.3 Å². The number of nitro benzene ring substituents is 2. The van der Waals surface area contributed by atoms with Crippen LogP contribution in [0.15, 0.2) is 67.0 Å². The number of anilines is 1. The van der Waals surface area contributed by atoms with Gasteiger partial charge >= 0.3 is 0 Å². The molecule has 32 heavy (non-hydrogen) atoms. The number of fused-ring (bicyclic) bond motifs is 1. The average molecular weight is 433 g/mol. The molecule has 0 saturated carbocycles. The third kappa shape index (κ3) is 3.94. The van der Waals surface area contributed by atoms with Crippen LogP contribution >= 0.6 is 0 Å². The van der Waals surface area contributed by atoms with Gasteiger partial charge in [0.25, 0.3) is 17.3 Å². The highest BCUT2D eigenvalue weighted by Crippen LogP contribution is 2.31. The van der Waals surface area contributed by atoms with E-state index in [0.717, 1.165) is 23.8 Å². The number of imidazole rings is 1. The van der Waals surface area contributed by atoms with Crippen molar-refractivity contribution in [3.8, 4) is 17.0 Å². The number of pyridine rings is 1. The highest BCUT2D eigenvalue weighted by atomic mass is 16.6. The van der Waals surface area contributed by atoms with Gasteiger partial charge in [0.2, 0.25) is 0 Å². The lowest BCUT2D eigenvalue weighted by Gasteiger charge is -2.11. The second-order valence-corrected chi connectivity index (χ2v) is 6.71. The number of nitrogens with one attached hydrogen (secondary N) is 1. The van der Waals surface area contributed by atoms with Crippen LogP contribution in [0, 0.1) is 20.2 Å². The number of hydrogen-bond acceptors (Lipinski definition) is 7. The number of methoxy groups -OCH3 is 1. The Hall–Kier alpha value is -4.80. The van der Waals surface area contributed by atoms with Crippen LogP contribution in [0.2, 0.25) is 0 Å². The monoisotopic (exact) mass is 433 g/mol. The molecule has 2 aromatic heterocycles. The zero-order valence-electron chi connectivity index (χ0n) is 16.6. The number of benzene rings is 2. The van der Waals surface area contributed by atoms with E-state index < -0.39 is 27.1 Å². The molecule has 4 aromatic rings. The van der Waals surface area contributed by atoms with E-state index >= 15 is 0 Å². The van der Waals surface area contributed by atoms with E-state index in [9.17, 15) is 25.0 Å². The van der Waals surface area contributed by atoms with Crippen molar-refractivity contribution in [2.45, 2.75) is 0 Å². The first-order valence-corrected chi connectivity index (χ1v) is 9.23. The topological polar surface area (TPSA) is 142 Å². The van der Waals surface area contributed by atoms with Crippen molar-refractivity contribution in [3.63, 3.8) is 0 Å². The number of aromatic nitrogens is 2. The Balaban J connectivity index is 1.70. The predicted octanol–water partition coefficient (Wildman–Crippen LogP) is 4.08. The van der Waals surface area contributed by atoms with Crippen molar-refractivity contribution in [1.82, 2.24) is 9.38 Å². The molecule has 0 aliphatic carbocycles. The van der Waals surface area contributed by atoms with E-state index in [1.54, 1.807) is 18.2 Å². The third-order valence-corrected chi connectivity index (χ3v) is 4.69. The Kier molecular flexibility index (Phi) is 5.21. The maximum atomic E-state index is 12.8. The molecular formula is C21H15N5O6. The average Bonchev–Trinajstić information content (AvgIpc) is 3.23. The number of nitrogens with zero attached hydrogens (tertiary/aromatic N) is 4. The second kappa shape index (κ2) is 8.14. The van der Waals surface area contributed by atoms with Crippen molar-refractivity contribution in [2.24, 2.45) is 0 Å². The van der Waals surface area contributed by atoms with Gasteiger partial charge in [0, 0.05) is 30.1 Å². The van der Waals surface area contributed by atoms with Gasteiger partial charge in [-0.2, -0.15) is 0 Å². The van der Waals surface area contributed by atoms with E-state index in [4.69, 9.17) is 4.74 Å². The van der Waals surface area contributed by atoms with Gasteiger partial charge in [-0.15, -0.1) is 0 Å². The van der Waals surface area contributed by atoms with Crippen LogP contribution in [0.25, 0.3) is 16.9 Å². The molecule has 0 saturated heterocycles. The summed E-state index contributed by atoms with van der Waals surface area (Å²) in [5.74, 6) is -0.423. The molecule has 11 nitrogen and oxygen atoms in total. The molecule has 0 aliphatic rings. The molecule has 0 aliphatic heterocycles. The lowest BCUT2D eigenvalue weighted by atomic mass is 10.1. The van der Waals surface area contributed by atoms with Crippen molar-refractivity contribution >= 4 is 28.6 Å². The van der Waals surface area contributed by atoms with Gasteiger partial charge in [-0.3, -0.25) is 25.0 Å². The molecule has 1 amide bonds. The normalized spacial score (nSPS) is 10.7. The summed E-state index contributed by atoms with van der Waals surface area (Å²) in [5, 5.41) is 24.8. The number of hydrogen-bond donors (Lipinski definition) is 1. The predicted molar refractivity (Wildman–Crippen MR) is 115 cm³/mol. The van der Waals surface area contributed by atoms with Gasteiger partial charge in [-0.25, -0.2) is 4.98 Å².